The van der Waals surface area contributed by atoms with Crippen LogP contribution in [0.15, 0.2) is 0 Å². The van der Waals surface area contributed by atoms with Gasteiger partial charge in [-0.2, -0.15) is 0 Å². The van der Waals surface area contributed by atoms with E-state index in [0.717, 1.165) is 19.5 Å². The average molecular weight is 199 g/mol. The monoisotopic (exact) mass is 199 g/mol. The van der Waals surface area contributed by atoms with E-state index < -0.39 is 0 Å². The lowest BCUT2D eigenvalue weighted by Gasteiger charge is -2.36. The van der Waals surface area contributed by atoms with Crippen LogP contribution >= 0.6 is 0 Å². The van der Waals surface area contributed by atoms with Crippen LogP contribution in [0.2, 0.25) is 0 Å². The van der Waals surface area contributed by atoms with E-state index in [1.165, 1.54) is 0 Å². The van der Waals surface area contributed by atoms with Crippen molar-refractivity contribution >= 4 is 5.96 Å². The summed E-state index contributed by atoms with van der Waals surface area (Å²) >= 11 is 0. The smallest absolute Gasteiger partial charge is 0.188 e. The Balaban J connectivity index is 2.44. The van der Waals surface area contributed by atoms with Gasteiger partial charge in [-0.15, -0.1) is 0 Å². The highest BCUT2D eigenvalue weighted by Gasteiger charge is 2.25. The van der Waals surface area contributed by atoms with Crippen LogP contribution in [0.3, 0.4) is 0 Å². The summed E-state index contributed by atoms with van der Waals surface area (Å²) < 4.78 is 5.64. The number of rotatable bonds is 1. The van der Waals surface area contributed by atoms with E-state index in [0.29, 0.717) is 6.61 Å². The molecule has 0 aromatic heterocycles. The maximum Gasteiger partial charge on any atom is 0.188 e. The maximum absolute atomic E-state index is 7.36. The SMILES string of the molecule is CC(C)(C)CC1CN(C(=N)N)CCO1. The van der Waals surface area contributed by atoms with Gasteiger partial charge in [0.25, 0.3) is 0 Å². The number of hydrogen-bond donors (Lipinski definition) is 2. The molecule has 0 aromatic carbocycles. The predicted molar refractivity (Wildman–Crippen MR) is 57.3 cm³/mol. The lowest BCUT2D eigenvalue weighted by atomic mass is 9.89. The molecule has 0 aliphatic carbocycles. The van der Waals surface area contributed by atoms with Crippen molar-refractivity contribution in [1.29, 1.82) is 5.41 Å². The summed E-state index contributed by atoms with van der Waals surface area (Å²) in [6.45, 7) is 8.78. The zero-order valence-corrected chi connectivity index (χ0v) is 9.34. The van der Waals surface area contributed by atoms with Gasteiger partial charge in [0.15, 0.2) is 5.96 Å². The van der Waals surface area contributed by atoms with Gasteiger partial charge >= 0.3 is 0 Å². The Bertz CT molecular complexity index is 210. The number of ether oxygens (including phenoxy) is 1. The molecule has 1 heterocycles. The summed E-state index contributed by atoms with van der Waals surface area (Å²) in [5.74, 6) is 0.159. The van der Waals surface area contributed by atoms with E-state index in [4.69, 9.17) is 15.9 Å². The highest BCUT2D eigenvalue weighted by molar-refractivity contribution is 5.74. The lowest BCUT2D eigenvalue weighted by molar-refractivity contribution is -0.0260. The summed E-state index contributed by atoms with van der Waals surface area (Å²) in [7, 11) is 0. The number of morpholine rings is 1. The van der Waals surface area contributed by atoms with Gasteiger partial charge in [0.2, 0.25) is 0 Å². The van der Waals surface area contributed by atoms with Crippen LogP contribution < -0.4 is 5.73 Å². The van der Waals surface area contributed by atoms with Gasteiger partial charge in [-0.3, -0.25) is 5.41 Å². The minimum atomic E-state index is 0.159. The van der Waals surface area contributed by atoms with E-state index in [9.17, 15) is 0 Å². The maximum atomic E-state index is 7.36. The van der Waals surface area contributed by atoms with E-state index >= 15 is 0 Å². The third kappa shape index (κ3) is 3.54. The van der Waals surface area contributed by atoms with Gasteiger partial charge in [0.1, 0.15) is 0 Å². The van der Waals surface area contributed by atoms with Gasteiger partial charge in [-0.1, -0.05) is 20.8 Å². The van der Waals surface area contributed by atoms with Crippen molar-refractivity contribution < 1.29 is 4.74 Å². The van der Waals surface area contributed by atoms with Crippen molar-refractivity contribution in [1.82, 2.24) is 4.90 Å². The third-order valence-corrected chi connectivity index (χ3v) is 2.32. The molecule has 4 heteroatoms. The van der Waals surface area contributed by atoms with E-state index in [2.05, 4.69) is 20.8 Å². The fourth-order valence-electron chi connectivity index (χ4n) is 1.74. The first-order chi connectivity index (χ1) is 6.38. The van der Waals surface area contributed by atoms with Gasteiger partial charge in [-0.25, -0.2) is 0 Å². The molecule has 1 unspecified atom stereocenters. The molecule has 0 aromatic rings. The molecule has 1 aliphatic heterocycles. The molecule has 1 fully saturated rings. The molecule has 3 N–H and O–H groups in total. The van der Waals surface area contributed by atoms with Crippen LogP contribution in [-0.4, -0.2) is 36.7 Å². The number of guanidine groups is 1. The number of nitrogens with two attached hydrogens (primary N) is 1. The summed E-state index contributed by atoms with van der Waals surface area (Å²) in [6.07, 6.45) is 1.23. The molecule has 1 saturated heterocycles. The predicted octanol–water partition coefficient (Wildman–Crippen LogP) is 1.02. The Morgan fingerprint density at radius 1 is 1.57 bits per heavy atom. The Morgan fingerprint density at radius 2 is 2.21 bits per heavy atom. The van der Waals surface area contributed by atoms with E-state index in [1.54, 1.807) is 0 Å². The molecular formula is C10H21N3O. The zero-order valence-electron chi connectivity index (χ0n) is 9.34. The summed E-state index contributed by atoms with van der Waals surface area (Å²) in [5.41, 5.74) is 5.72. The minimum absolute atomic E-state index is 0.159. The Labute approximate surface area is 85.9 Å². The molecule has 0 radical (unpaired) electrons. The van der Waals surface area contributed by atoms with Crippen molar-refractivity contribution in [2.45, 2.75) is 33.3 Å². The Morgan fingerprint density at radius 3 is 2.71 bits per heavy atom. The van der Waals surface area contributed by atoms with Crippen LogP contribution in [0.1, 0.15) is 27.2 Å². The van der Waals surface area contributed by atoms with Crippen molar-refractivity contribution in [3.05, 3.63) is 0 Å². The second-order valence-corrected chi connectivity index (χ2v) is 5.09. The molecule has 82 valence electrons. The van der Waals surface area contributed by atoms with Gasteiger partial charge in [-0.05, 0) is 11.8 Å². The van der Waals surface area contributed by atoms with Crippen molar-refractivity contribution in [3.63, 3.8) is 0 Å². The highest BCUT2D eigenvalue weighted by atomic mass is 16.5. The molecule has 0 bridgehead atoms. The molecule has 1 rings (SSSR count). The second-order valence-electron chi connectivity index (χ2n) is 5.09. The van der Waals surface area contributed by atoms with Gasteiger partial charge < -0.3 is 15.4 Å². The van der Waals surface area contributed by atoms with E-state index in [1.807, 2.05) is 4.90 Å². The van der Waals surface area contributed by atoms with Crippen LogP contribution in [0.4, 0.5) is 0 Å². The highest BCUT2D eigenvalue weighted by Crippen LogP contribution is 2.24. The molecule has 0 spiro atoms. The molecule has 1 aliphatic rings. The van der Waals surface area contributed by atoms with Crippen molar-refractivity contribution in [3.8, 4) is 0 Å². The molecular weight excluding hydrogens is 178 g/mol. The number of nitrogens with one attached hydrogen (secondary N) is 1. The van der Waals surface area contributed by atoms with Crippen LogP contribution in [0.25, 0.3) is 0 Å². The second kappa shape index (κ2) is 4.17. The summed E-state index contributed by atoms with van der Waals surface area (Å²) in [6, 6.07) is 0. The quantitative estimate of drug-likeness (QED) is 0.489. The minimum Gasteiger partial charge on any atom is -0.375 e. The van der Waals surface area contributed by atoms with Gasteiger partial charge in [0.05, 0.1) is 12.7 Å². The molecule has 0 amide bonds. The van der Waals surface area contributed by atoms with Crippen LogP contribution in [0.5, 0.6) is 0 Å². The first-order valence-corrected chi connectivity index (χ1v) is 5.09. The summed E-state index contributed by atoms with van der Waals surface area (Å²) in [5, 5.41) is 7.36. The first-order valence-electron chi connectivity index (χ1n) is 5.09. The average Bonchev–Trinajstić information content (AvgIpc) is 2.01. The molecule has 0 saturated carbocycles. The normalized spacial score (nSPS) is 23.6. The summed E-state index contributed by atoms with van der Waals surface area (Å²) in [4.78, 5) is 1.87. The van der Waals surface area contributed by atoms with Crippen molar-refractivity contribution in [2.24, 2.45) is 11.1 Å². The molecule has 4 nitrogen and oxygen atoms in total. The fourth-order valence-corrected chi connectivity index (χ4v) is 1.74. The van der Waals surface area contributed by atoms with Gasteiger partial charge in [0, 0.05) is 13.1 Å². The Hall–Kier alpha value is -0.770. The van der Waals surface area contributed by atoms with Crippen LogP contribution in [-0.2, 0) is 4.74 Å². The topological polar surface area (TPSA) is 62.3 Å². The molecule has 14 heavy (non-hydrogen) atoms. The zero-order chi connectivity index (χ0) is 10.8. The fraction of sp³-hybridized carbons (Fsp3) is 0.900. The Kier molecular flexibility index (Phi) is 3.37. The standard InChI is InChI=1S/C10H21N3O/c1-10(2,3)6-8-7-13(9(11)12)4-5-14-8/h8H,4-7H2,1-3H3,(H3,11,12). The lowest BCUT2D eigenvalue weighted by Crippen LogP contribution is -2.49. The van der Waals surface area contributed by atoms with E-state index in [-0.39, 0.29) is 17.5 Å². The van der Waals surface area contributed by atoms with Crippen molar-refractivity contribution in [2.75, 3.05) is 19.7 Å². The largest absolute Gasteiger partial charge is 0.375 e. The number of hydrogen-bond acceptors (Lipinski definition) is 2. The van der Waals surface area contributed by atoms with Crippen LogP contribution in [0, 0.1) is 10.8 Å². The number of nitrogens with zero attached hydrogens (tertiary/aromatic N) is 1. The third-order valence-electron chi connectivity index (χ3n) is 2.32. The first kappa shape index (κ1) is 11.3. The molecule has 1 atom stereocenters.